The normalized spacial score (nSPS) is 14.6. The van der Waals surface area contributed by atoms with Gasteiger partial charge in [0.1, 0.15) is 22.8 Å². The van der Waals surface area contributed by atoms with Gasteiger partial charge in [0.05, 0.1) is 12.7 Å². The lowest BCUT2D eigenvalue weighted by Crippen LogP contribution is -2.38. The Kier molecular flexibility index (Phi) is 4.29. The molecule has 110 valence electrons. The van der Waals surface area contributed by atoms with Crippen molar-refractivity contribution in [1.29, 1.82) is 0 Å². The van der Waals surface area contributed by atoms with Crippen LogP contribution in [0.2, 0.25) is 0 Å². The van der Waals surface area contributed by atoms with Crippen molar-refractivity contribution < 1.29 is 15.3 Å². The minimum Gasteiger partial charge on any atom is -0.394 e. The van der Waals surface area contributed by atoms with E-state index in [0.717, 1.165) is 0 Å². The van der Waals surface area contributed by atoms with Gasteiger partial charge >= 0.3 is 0 Å². The SMILES string of the molecule is Nc1nc2c(CNC[C@@H](O)[C@@H](O)CO)n[nH]c2c(=O)[nH]1. The van der Waals surface area contributed by atoms with Crippen molar-refractivity contribution in [2.24, 2.45) is 0 Å². The summed E-state index contributed by atoms with van der Waals surface area (Å²) in [5.74, 6) is -0.0131. The summed E-state index contributed by atoms with van der Waals surface area (Å²) in [7, 11) is 0. The third-order valence-electron chi connectivity index (χ3n) is 2.79. The summed E-state index contributed by atoms with van der Waals surface area (Å²) in [5, 5.41) is 36.7. The summed E-state index contributed by atoms with van der Waals surface area (Å²) in [5.41, 5.74) is 6.06. The molecule has 0 fully saturated rings. The van der Waals surface area contributed by atoms with Gasteiger partial charge < -0.3 is 26.4 Å². The van der Waals surface area contributed by atoms with E-state index in [-0.39, 0.29) is 24.6 Å². The predicted molar refractivity (Wildman–Crippen MR) is 69.7 cm³/mol. The van der Waals surface area contributed by atoms with Crippen LogP contribution in [0.15, 0.2) is 4.79 Å². The molecule has 2 aromatic heterocycles. The maximum atomic E-state index is 11.6. The van der Waals surface area contributed by atoms with Crippen molar-refractivity contribution in [2.75, 3.05) is 18.9 Å². The molecular weight excluding hydrogens is 268 g/mol. The quantitative estimate of drug-likeness (QED) is 0.294. The van der Waals surface area contributed by atoms with Crippen LogP contribution < -0.4 is 16.6 Å². The van der Waals surface area contributed by atoms with Gasteiger partial charge in [-0.3, -0.25) is 14.9 Å². The third kappa shape index (κ3) is 2.93. The van der Waals surface area contributed by atoms with E-state index in [1.807, 2.05) is 0 Å². The number of aliphatic hydroxyl groups is 3. The highest BCUT2D eigenvalue weighted by Crippen LogP contribution is 2.09. The molecule has 0 spiro atoms. The maximum absolute atomic E-state index is 11.6. The Hall–Kier alpha value is -2.01. The van der Waals surface area contributed by atoms with Gasteiger partial charge in [-0.15, -0.1) is 0 Å². The van der Waals surface area contributed by atoms with Crippen molar-refractivity contribution in [1.82, 2.24) is 25.5 Å². The van der Waals surface area contributed by atoms with E-state index >= 15 is 0 Å². The molecule has 0 unspecified atom stereocenters. The average molecular weight is 284 g/mol. The number of hydrogen-bond acceptors (Lipinski definition) is 8. The fourth-order valence-corrected chi connectivity index (χ4v) is 1.70. The zero-order chi connectivity index (χ0) is 14.7. The number of nitrogens with two attached hydrogens (primary N) is 1. The highest BCUT2D eigenvalue weighted by molar-refractivity contribution is 5.76. The van der Waals surface area contributed by atoms with Gasteiger partial charge in [-0.05, 0) is 0 Å². The predicted octanol–water partition coefficient (Wildman–Crippen LogP) is -2.97. The molecule has 0 bridgehead atoms. The van der Waals surface area contributed by atoms with Crippen LogP contribution in [0, 0.1) is 0 Å². The van der Waals surface area contributed by atoms with Crippen LogP contribution in [0.5, 0.6) is 0 Å². The molecule has 0 saturated heterocycles. The number of fused-ring (bicyclic) bond motifs is 1. The zero-order valence-electron chi connectivity index (χ0n) is 10.5. The lowest BCUT2D eigenvalue weighted by Gasteiger charge is -2.15. The Morgan fingerprint density at radius 3 is 2.80 bits per heavy atom. The van der Waals surface area contributed by atoms with Crippen molar-refractivity contribution in [3.63, 3.8) is 0 Å². The Bertz CT molecular complexity index is 638. The van der Waals surface area contributed by atoms with Crippen LogP contribution in [-0.4, -0.2) is 60.8 Å². The standard InChI is InChI=1S/C10H16N6O4/c11-10-13-7-4(15-16-8(7)9(20)14-10)1-12-2-5(18)6(19)3-17/h5-6,12,17-19H,1-3H2,(H,15,16)(H3,11,13,14,20)/t5-,6+/m1/s1. The van der Waals surface area contributed by atoms with Crippen LogP contribution in [-0.2, 0) is 6.54 Å². The van der Waals surface area contributed by atoms with Crippen molar-refractivity contribution in [3.05, 3.63) is 16.0 Å². The number of aliphatic hydroxyl groups excluding tert-OH is 3. The number of aromatic nitrogens is 4. The lowest BCUT2D eigenvalue weighted by molar-refractivity contribution is -0.0130. The molecule has 0 amide bonds. The molecule has 10 heteroatoms. The van der Waals surface area contributed by atoms with Crippen LogP contribution in [0.1, 0.15) is 5.69 Å². The van der Waals surface area contributed by atoms with Gasteiger partial charge in [-0.1, -0.05) is 0 Å². The number of hydrogen-bond donors (Lipinski definition) is 7. The second-order valence-corrected chi connectivity index (χ2v) is 4.29. The van der Waals surface area contributed by atoms with E-state index in [1.54, 1.807) is 0 Å². The molecule has 2 aromatic rings. The van der Waals surface area contributed by atoms with Gasteiger partial charge in [-0.25, -0.2) is 4.98 Å². The monoisotopic (exact) mass is 284 g/mol. The molecule has 8 N–H and O–H groups in total. The molecule has 0 saturated carbocycles. The molecule has 0 aliphatic heterocycles. The number of nitrogens with one attached hydrogen (secondary N) is 3. The third-order valence-corrected chi connectivity index (χ3v) is 2.79. The molecule has 10 nitrogen and oxygen atoms in total. The average Bonchev–Trinajstić information content (AvgIpc) is 2.81. The molecule has 0 aliphatic carbocycles. The first-order chi connectivity index (χ1) is 9.52. The smallest absolute Gasteiger partial charge is 0.278 e. The van der Waals surface area contributed by atoms with E-state index in [0.29, 0.717) is 11.2 Å². The van der Waals surface area contributed by atoms with Crippen molar-refractivity contribution >= 4 is 17.0 Å². The first-order valence-corrected chi connectivity index (χ1v) is 5.93. The molecule has 20 heavy (non-hydrogen) atoms. The fraction of sp³-hybridized carbons (Fsp3) is 0.500. The number of rotatable bonds is 6. The molecular formula is C10H16N6O4. The molecule has 0 radical (unpaired) electrons. The maximum Gasteiger partial charge on any atom is 0.278 e. The fourth-order valence-electron chi connectivity index (χ4n) is 1.70. The Labute approximate surface area is 112 Å². The van der Waals surface area contributed by atoms with E-state index < -0.39 is 24.4 Å². The highest BCUT2D eigenvalue weighted by atomic mass is 16.4. The van der Waals surface area contributed by atoms with Gasteiger partial charge in [-0.2, -0.15) is 5.10 Å². The molecule has 2 atom stereocenters. The summed E-state index contributed by atoms with van der Waals surface area (Å²) in [6, 6.07) is 0. The van der Waals surface area contributed by atoms with E-state index in [2.05, 4.69) is 25.5 Å². The van der Waals surface area contributed by atoms with E-state index in [4.69, 9.17) is 10.8 Å². The lowest BCUT2D eigenvalue weighted by atomic mass is 10.2. The molecule has 0 aromatic carbocycles. The Morgan fingerprint density at radius 1 is 1.35 bits per heavy atom. The zero-order valence-corrected chi connectivity index (χ0v) is 10.5. The van der Waals surface area contributed by atoms with Crippen LogP contribution in [0.4, 0.5) is 5.95 Å². The minimum absolute atomic E-state index is 0.0131. The first kappa shape index (κ1) is 14.4. The minimum atomic E-state index is -1.21. The number of nitrogens with zero attached hydrogens (tertiary/aromatic N) is 2. The second kappa shape index (κ2) is 5.96. The van der Waals surface area contributed by atoms with Gasteiger partial charge in [0.2, 0.25) is 5.95 Å². The van der Waals surface area contributed by atoms with Gasteiger partial charge in [0.25, 0.3) is 5.56 Å². The topological polar surface area (TPSA) is 173 Å². The van der Waals surface area contributed by atoms with Crippen LogP contribution in [0.25, 0.3) is 11.0 Å². The highest BCUT2D eigenvalue weighted by Gasteiger charge is 2.15. The molecule has 2 heterocycles. The number of nitrogen functional groups attached to an aromatic ring is 1. The summed E-state index contributed by atoms with van der Waals surface area (Å²) >= 11 is 0. The van der Waals surface area contributed by atoms with Gasteiger partial charge in [0, 0.05) is 13.1 Å². The number of aromatic amines is 2. The van der Waals surface area contributed by atoms with Crippen LogP contribution in [0.3, 0.4) is 0 Å². The van der Waals surface area contributed by atoms with Crippen molar-refractivity contribution in [3.8, 4) is 0 Å². The largest absolute Gasteiger partial charge is 0.394 e. The Morgan fingerprint density at radius 2 is 2.10 bits per heavy atom. The number of anilines is 1. The second-order valence-electron chi connectivity index (χ2n) is 4.29. The first-order valence-electron chi connectivity index (χ1n) is 5.93. The number of H-pyrrole nitrogens is 2. The van der Waals surface area contributed by atoms with Crippen molar-refractivity contribution in [2.45, 2.75) is 18.8 Å². The molecule has 2 rings (SSSR count). The van der Waals surface area contributed by atoms with Crippen LogP contribution >= 0.6 is 0 Å². The molecule has 0 aliphatic rings. The Balaban J connectivity index is 2.06. The summed E-state index contributed by atoms with van der Waals surface area (Å²) < 4.78 is 0. The summed E-state index contributed by atoms with van der Waals surface area (Å²) in [4.78, 5) is 17.9. The van der Waals surface area contributed by atoms with E-state index in [1.165, 1.54) is 0 Å². The van der Waals surface area contributed by atoms with E-state index in [9.17, 15) is 15.0 Å². The summed E-state index contributed by atoms with van der Waals surface area (Å²) in [6.45, 7) is -0.262. The summed E-state index contributed by atoms with van der Waals surface area (Å²) in [6.07, 6.45) is -2.32. The van der Waals surface area contributed by atoms with Gasteiger partial charge in [0.15, 0.2) is 0 Å².